The molecule has 2 N–H and O–H groups in total. The molecule has 0 aliphatic carbocycles. The molecule has 0 spiro atoms. The summed E-state index contributed by atoms with van der Waals surface area (Å²) in [5.41, 5.74) is 0.402. The molecule has 0 unspecified atom stereocenters. The predicted molar refractivity (Wildman–Crippen MR) is 81.2 cm³/mol. The molecule has 1 heterocycles. The van der Waals surface area contributed by atoms with Gasteiger partial charge in [-0.25, -0.2) is 18.4 Å². The SMILES string of the molecule is CNc1ncc(S(=O)(=O)Nc2ccc(Br)cc2C#N)cn1. The van der Waals surface area contributed by atoms with E-state index in [4.69, 9.17) is 5.26 Å². The number of hydrogen-bond donors (Lipinski definition) is 2. The monoisotopic (exact) mass is 367 g/mol. The Kier molecular flexibility index (Phi) is 4.40. The van der Waals surface area contributed by atoms with Crippen molar-refractivity contribution in [1.29, 1.82) is 5.26 Å². The van der Waals surface area contributed by atoms with Gasteiger partial charge in [0, 0.05) is 11.5 Å². The maximum atomic E-state index is 12.2. The quantitative estimate of drug-likeness (QED) is 0.854. The summed E-state index contributed by atoms with van der Waals surface area (Å²) in [6.45, 7) is 0. The average molecular weight is 368 g/mol. The lowest BCUT2D eigenvalue weighted by Crippen LogP contribution is -2.14. The zero-order valence-corrected chi connectivity index (χ0v) is 13.2. The molecule has 0 aliphatic heterocycles. The van der Waals surface area contributed by atoms with Crippen LogP contribution in [0.2, 0.25) is 0 Å². The highest BCUT2D eigenvalue weighted by atomic mass is 79.9. The van der Waals surface area contributed by atoms with Crippen LogP contribution in [-0.4, -0.2) is 25.4 Å². The normalized spacial score (nSPS) is 10.7. The molecule has 9 heteroatoms. The highest BCUT2D eigenvalue weighted by molar-refractivity contribution is 9.10. The summed E-state index contributed by atoms with van der Waals surface area (Å²) >= 11 is 3.22. The van der Waals surface area contributed by atoms with Gasteiger partial charge in [-0.05, 0) is 18.2 Å². The average Bonchev–Trinajstić information content (AvgIpc) is 2.49. The van der Waals surface area contributed by atoms with Gasteiger partial charge in [-0.1, -0.05) is 15.9 Å². The fourth-order valence-corrected chi connectivity index (χ4v) is 2.82. The molecular formula is C12H10BrN5O2S. The molecule has 2 rings (SSSR count). The minimum Gasteiger partial charge on any atom is -0.357 e. The highest BCUT2D eigenvalue weighted by Crippen LogP contribution is 2.23. The molecule has 0 amide bonds. The second-order valence-electron chi connectivity index (χ2n) is 3.90. The number of nitrogens with one attached hydrogen (secondary N) is 2. The maximum absolute atomic E-state index is 12.2. The van der Waals surface area contributed by atoms with Crippen LogP contribution < -0.4 is 10.0 Å². The van der Waals surface area contributed by atoms with Crippen molar-refractivity contribution < 1.29 is 8.42 Å². The number of halogens is 1. The summed E-state index contributed by atoms with van der Waals surface area (Å²) < 4.78 is 27.5. The van der Waals surface area contributed by atoms with Crippen molar-refractivity contribution in [3.05, 3.63) is 40.6 Å². The lowest BCUT2D eigenvalue weighted by Gasteiger charge is -2.09. The van der Waals surface area contributed by atoms with E-state index in [1.807, 2.05) is 6.07 Å². The van der Waals surface area contributed by atoms with Crippen LogP contribution in [0.1, 0.15) is 5.56 Å². The van der Waals surface area contributed by atoms with Gasteiger partial charge in [0.1, 0.15) is 11.0 Å². The van der Waals surface area contributed by atoms with Crippen LogP contribution in [-0.2, 0) is 10.0 Å². The van der Waals surface area contributed by atoms with Gasteiger partial charge in [-0.15, -0.1) is 0 Å². The zero-order chi connectivity index (χ0) is 15.5. The first-order valence-corrected chi connectivity index (χ1v) is 7.96. The Morgan fingerprint density at radius 1 is 1.29 bits per heavy atom. The molecular weight excluding hydrogens is 358 g/mol. The Morgan fingerprint density at radius 3 is 2.52 bits per heavy atom. The third kappa shape index (κ3) is 3.48. The van der Waals surface area contributed by atoms with Crippen molar-refractivity contribution in [2.75, 3.05) is 17.1 Å². The van der Waals surface area contributed by atoms with Gasteiger partial charge in [0.2, 0.25) is 5.95 Å². The van der Waals surface area contributed by atoms with Gasteiger partial charge in [0.25, 0.3) is 10.0 Å². The van der Waals surface area contributed by atoms with Gasteiger partial charge in [-0.3, -0.25) is 4.72 Å². The van der Waals surface area contributed by atoms with E-state index >= 15 is 0 Å². The molecule has 108 valence electrons. The lowest BCUT2D eigenvalue weighted by atomic mass is 10.2. The highest BCUT2D eigenvalue weighted by Gasteiger charge is 2.17. The summed E-state index contributed by atoms with van der Waals surface area (Å²) in [4.78, 5) is 7.61. The zero-order valence-electron chi connectivity index (χ0n) is 10.8. The van der Waals surface area contributed by atoms with E-state index in [-0.39, 0.29) is 16.1 Å². The molecule has 2 aromatic rings. The minimum absolute atomic E-state index is 0.0895. The van der Waals surface area contributed by atoms with Crippen LogP contribution in [0.4, 0.5) is 11.6 Å². The lowest BCUT2D eigenvalue weighted by molar-refractivity contribution is 0.600. The van der Waals surface area contributed by atoms with E-state index < -0.39 is 10.0 Å². The minimum atomic E-state index is -3.85. The molecule has 0 aliphatic rings. The van der Waals surface area contributed by atoms with Crippen LogP contribution in [0.25, 0.3) is 0 Å². The number of aromatic nitrogens is 2. The fraction of sp³-hybridized carbons (Fsp3) is 0.0833. The van der Waals surface area contributed by atoms with Crippen LogP contribution in [0, 0.1) is 11.3 Å². The molecule has 0 fully saturated rings. The molecule has 0 atom stereocenters. The Bertz CT molecular complexity index is 799. The van der Waals surface area contributed by atoms with Crippen molar-refractivity contribution in [3.8, 4) is 6.07 Å². The summed E-state index contributed by atoms with van der Waals surface area (Å²) in [5.74, 6) is 0.315. The largest absolute Gasteiger partial charge is 0.357 e. The van der Waals surface area contributed by atoms with Crippen molar-refractivity contribution in [2.45, 2.75) is 4.90 Å². The van der Waals surface area contributed by atoms with E-state index in [2.05, 4.69) is 35.9 Å². The van der Waals surface area contributed by atoms with Crippen LogP contribution in [0.3, 0.4) is 0 Å². The molecule has 0 saturated heterocycles. The number of benzene rings is 1. The summed E-state index contributed by atoms with van der Waals surface area (Å²) in [7, 11) is -2.23. The number of rotatable bonds is 4. The maximum Gasteiger partial charge on any atom is 0.265 e. The molecule has 0 bridgehead atoms. The Hall–Kier alpha value is -2.18. The summed E-state index contributed by atoms with van der Waals surface area (Å²) in [5, 5.41) is 11.7. The Morgan fingerprint density at radius 2 is 1.95 bits per heavy atom. The number of hydrogen-bond acceptors (Lipinski definition) is 6. The fourth-order valence-electron chi connectivity index (χ4n) is 1.49. The third-order valence-corrected chi connectivity index (χ3v) is 4.32. The molecule has 1 aromatic carbocycles. The second-order valence-corrected chi connectivity index (χ2v) is 6.50. The Labute approximate surface area is 130 Å². The van der Waals surface area contributed by atoms with Crippen LogP contribution in [0.5, 0.6) is 0 Å². The number of anilines is 2. The van der Waals surface area contributed by atoms with Gasteiger partial charge in [0.05, 0.1) is 23.6 Å². The third-order valence-electron chi connectivity index (χ3n) is 2.51. The number of nitriles is 1. The first-order chi connectivity index (χ1) is 9.96. The van der Waals surface area contributed by atoms with Crippen molar-refractivity contribution in [3.63, 3.8) is 0 Å². The van der Waals surface area contributed by atoms with Crippen molar-refractivity contribution >= 4 is 37.6 Å². The first-order valence-electron chi connectivity index (χ1n) is 5.68. The van der Waals surface area contributed by atoms with Gasteiger partial charge in [0.15, 0.2) is 0 Å². The van der Waals surface area contributed by atoms with E-state index in [9.17, 15) is 8.42 Å². The molecule has 21 heavy (non-hydrogen) atoms. The summed E-state index contributed by atoms with van der Waals surface area (Å²) in [6.07, 6.45) is 2.37. The first kappa shape index (κ1) is 15.2. The molecule has 0 saturated carbocycles. The second kappa shape index (κ2) is 6.07. The number of nitrogens with zero attached hydrogens (tertiary/aromatic N) is 3. The van der Waals surface area contributed by atoms with Crippen LogP contribution in [0.15, 0.2) is 40.0 Å². The van der Waals surface area contributed by atoms with Gasteiger partial charge < -0.3 is 5.32 Å². The van der Waals surface area contributed by atoms with E-state index in [1.54, 1.807) is 13.1 Å². The van der Waals surface area contributed by atoms with E-state index in [0.717, 1.165) is 0 Å². The molecule has 7 nitrogen and oxygen atoms in total. The predicted octanol–water partition coefficient (Wildman–Crippen LogP) is 1.95. The van der Waals surface area contributed by atoms with Crippen molar-refractivity contribution in [1.82, 2.24) is 9.97 Å². The van der Waals surface area contributed by atoms with Gasteiger partial charge >= 0.3 is 0 Å². The standard InChI is InChI=1S/C12H10BrN5O2S/c1-15-12-16-6-10(7-17-12)21(19,20)18-11-3-2-9(13)4-8(11)5-14/h2-4,6-7,18H,1H3,(H,15,16,17). The van der Waals surface area contributed by atoms with Crippen molar-refractivity contribution in [2.24, 2.45) is 0 Å². The Balaban J connectivity index is 2.35. The van der Waals surface area contributed by atoms with E-state index in [1.165, 1.54) is 24.5 Å². The number of sulfonamides is 1. The van der Waals surface area contributed by atoms with Gasteiger partial charge in [-0.2, -0.15) is 5.26 Å². The smallest absolute Gasteiger partial charge is 0.265 e. The topological polar surface area (TPSA) is 108 Å². The summed E-state index contributed by atoms with van der Waals surface area (Å²) in [6, 6.07) is 6.60. The molecule has 0 radical (unpaired) electrons. The molecule has 1 aromatic heterocycles. The van der Waals surface area contributed by atoms with Crippen LogP contribution >= 0.6 is 15.9 Å². The van der Waals surface area contributed by atoms with E-state index in [0.29, 0.717) is 10.4 Å².